The van der Waals surface area contributed by atoms with Gasteiger partial charge >= 0.3 is 0 Å². The maximum absolute atomic E-state index is 11.7. The Labute approximate surface area is 162 Å². The van der Waals surface area contributed by atoms with Crippen molar-refractivity contribution in [2.24, 2.45) is 0 Å². The number of anilines is 1. The van der Waals surface area contributed by atoms with Crippen molar-refractivity contribution in [3.05, 3.63) is 68.4 Å². The van der Waals surface area contributed by atoms with Crippen LogP contribution < -0.4 is 10.5 Å². The zero-order valence-electron chi connectivity index (χ0n) is 15.3. The number of nitrogens with zero attached hydrogens (tertiary/aromatic N) is 5. The highest BCUT2D eigenvalue weighted by Crippen LogP contribution is 2.29. The monoisotopic (exact) mass is 384 g/mol. The zero-order chi connectivity index (χ0) is 19.0. The van der Waals surface area contributed by atoms with Gasteiger partial charge in [0.1, 0.15) is 10.7 Å². The fourth-order valence-corrected chi connectivity index (χ4v) is 3.95. The van der Waals surface area contributed by atoms with Crippen LogP contribution in [0.3, 0.4) is 0 Å². The lowest BCUT2D eigenvalue weighted by atomic mass is 9.99. The summed E-state index contributed by atoms with van der Waals surface area (Å²) in [5.74, 6) is 0. The molecule has 0 bridgehead atoms. The van der Waals surface area contributed by atoms with E-state index >= 15 is 0 Å². The minimum absolute atomic E-state index is 0.119. The van der Waals surface area contributed by atoms with Crippen molar-refractivity contribution < 1.29 is 0 Å². The van der Waals surface area contributed by atoms with E-state index in [1.165, 1.54) is 11.1 Å². The van der Waals surface area contributed by atoms with Gasteiger partial charge in [-0.05, 0) is 24.5 Å². The van der Waals surface area contributed by atoms with Gasteiger partial charge in [-0.3, -0.25) is 4.79 Å². The van der Waals surface area contributed by atoms with E-state index in [-0.39, 0.29) is 16.6 Å². The highest BCUT2D eigenvalue weighted by molar-refractivity contribution is 6.32. The summed E-state index contributed by atoms with van der Waals surface area (Å²) >= 11 is 6.16. The lowest BCUT2D eigenvalue weighted by molar-refractivity contribution is 0.514. The van der Waals surface area contributed by atoms with E-state index in [4.69, 9.17) is 11.6 Å². The standard InChI is InChI=1S/C19H21ClN6O/c1-3-13-6-4-5-7-14(13)12(2)26-16-8-9-25(11-15(16)22-24-26)17-10-21-23-19(27)18(17)20/h4-7,10,12H,3,8-9,11H2,1-2H3,(H,23,27)/t12-/m1/s1. The molecule has 4 rings (SSSR count). The number of fused-ring (bicyclic) bond motifs is 1. The second-order valence-electron chi connectivity index (χ2n) is 6.73. The van der Waals surface area contributed by atoms with Gasteiger partial charge in [-0.15, -0.1) is 5.10 Å². The van der Waals surface area contributed by atoms with Gasteiger partial charge in [0.2, 0.25) is 0 Å². The number of hydrogen-bond donors (Lipinski definition) is 1. The minimum atomic E-state index is -0.381. The van der Waals surface area contributed by atoms with Crippen LogP contribution in [0, 0.1) is 0 Å². The largest absolute Gasteiger partial charge is 0.362 e. The molecule has 8 heteroatoms. The second-order valence-corrected chi connectivity index (χ2v) is 7.10. The number of aromatic amines is 1. The Bertz CT molecular complexity index is 1030. The molecule has 140 valence electrons. The van der Waals surface area contributed by atoms with Crippen LogP contribution in [-0.4, -0.2) is 31.7 Å². The van der Waals surface area contributed by atoms with Crippen LogP contribution in [0.5, 0.6) is 0 Å². The van der Waals surface area contributed by atoms with Crippen molar-refractivity contribution in [1.82, 2.24) is 25.2 Å². The molecular weight excluding hydrogens is 364 g/mol. The van der Waals surface area contributed by atoms with Crippen molar-refractivity contribution in [2.45, 2.75) is 39.3 Å². The maximum atomic E-state index is 11.7. The van der Waals surface area contributed by atoms with Crippen LogP contribution >= 0.6 is 11.6 Å². The Morgan fingerprint density at radius 2 is 2.15 bits per heavy atom. The van der Waals surface area contributed by atoms with Gasteiger partial charge in [-0.25, -0.2) is 9.78 Å². The fourth-order valence-electron chi connectivity index (χ4n) is 3.74. The van der Waals surface area contributed by atoms with Crippen LogP contribution in [0.25, 0.3) is 0 Å². The number of H-pyrrole nitrogens is 1. The van der Waals surface area contributed by atoms with Gasteiger partial charge in [-0.1, -0.05) is 48.0 Å². The van der Waals surface area contributed by atoms with E-state index in [2.05, 4.69) is 58.6 Å². The van der Waals surface area contributed by atoms with Crippen LogP contribution in [0.1, 0.15) is 42.4 Å². The highest BCUT2D eigenvalue weighted by atomic mass is 35.5. The molecule has 1 aliphatic rings. The van der Waals surface area contributed by atoms with Gasteiger partial charge in [0.25, 0.3) is 5.56 Å². The first-order valence-corrected chi connectivity index (χ1v) is 9.46. The third kappa shape index (κ3) is 3.12. The molecule has 2 aromatic heterocycles. The molecule has 0 aliphatic carbocycles. The number of nitrogens with one attached hydrogen (secondary N) is 1. The van der Waals surface area contributed by atoms with Crippen LogP contribution in [0.4, 0.5) is 5.69 Å². The molecular formula is C19H21ClN6O. The van der Waals surface area contributed by atoms with E-state index in [0.29, 0.717) is 12.2 Å². The molecule has 7 nitrogen and oxygen atoms in total. The first-order valence-electron chi connectivity index (χ1n) is 9.09. The summed E-state index contributed by atoms with van der Waals surface area (Å²) in [6.07, 6.45) is 3.35. The summed E-state index contributed by atoms with van der Waals surface area (Å²) in [7, 11) is 0. The number of rotatable bonds is 4. The molecule has 0 unspecified atom stereocenters. The molecule has 0 spiro atoms. The number of hydrogen-bond acceptors (Lipinski definition) is 5. The van der Waals surface area contributed by atoms with E-state index in [1.54, 1.807) is 6.20 Å². The predicted molar refractivity (Wildman–Crippen MR) is 104 cm³/mol. The minimum Gasteiger partial charge on any atom is -0.362 e. The average molecular weight is 385 g/mol. The van der Waals surface area contributed by atoms with Crippen molar-refractivity contribution in [3.63, 3.8) is 0 Å². The zero-order valence-corrected chi connectivity index (χ0v) is 16.1. The number of benzene rings is 1. The molecule has 0 amide bonds. The quantitative estimate of drug-likeness (QED) is 0.748. The smallest absolute Gasteiger partial charge is 0.285 e. The summed E-state index contributed by atoms with van der Waals surface area (Å²) < 4.78 is 2.03. The SMILES string of the molecule is CCc1ccccc1[C@@H](C)n1nnc2c1CCN(c1cn[nH]c(=O)c1Cl)C2. The maximum Gasteiger partial charge on any atom is 0.285 e. The molecule has 3 heterocycles. The lowest BCUT2D eigenvalue weighted by Crippen LogP contribution is -2.33. The van der Waals surface area contributed by atoms with E-state index in [1.807, 2.05) is 9.58 Å². The Balaban J connectivity index is 1.64. The van der Waals surface area contributed by atoms with Crippen LogP contribution in [-0.2, 0) is 19.4 Å². The van der Waals surface area contributed by atoms with Crippen molar-refractivity contribution in [1.29, 1.82) is 0 Å². The van der Waals surface area contributed by atoms with Crippen molar-refractivity contribution >= 4 is 17.3 Å². The van der Waals surface area contributed by atoms with Crippen molar-refractivity contribution in [3.8, 4) is 0 Å². The van der Waals surface area contributed by atoms with Crippen LogP contribution in [0.2, 0.25) is 5.02 Å². The molecule has 27 heavy (non-hydrogen) atoms. The molecule has 0 fully saturated rings. The van der Waals surface area contributed by atoms with E-state index in [9.17, 15) is 4.79 Å². The van der Waals surface area contributed by atoms with E-state index < -0.39 is 0 Å². The molecule has 3 aromatic rings. The molecule has 1 aromatic carbocycles. The summed E-state index contributed by atoms with van der Waals surface area (Å²) in [6, 6.07) is 8.59. The van der Waals surface area contributed by atoms with Gasteiger partial charge in [-0.2, -0.15) is 5.10 Å². The normalized spacial score (nSPS) is 14.9. The van der Waals surface area contributed by atoms with Gasteiger partial charge in [0, 0.05) is 13.0 Å². The third-order valence-electron chi connectivity index (χ3n) is 5.20. The first-order chi connectivity index (χ1) is 13.1. The molecule has 1 atom stereocenters. The molecule has 1 aliphatic heterocycles. The summed E-state index contributed by atoms with van der Waals surface area (Å²) in [5, 5.41) is 15.2. The lowest BCUT2D eigenvalue weighted by Gasteiger charge is -2.29. The molecule has 0 radical (unpaired) electrons. The predicted octanol–water partition coefficient (Wildman–Crippen LogP) is 2.75. The highest BCUT2D eigenvalue weighted by Gasteiger charge is 2.27. The van der Waals surface area contributed by atoms with E-state index in [0.717, 1.165) is 30.8 Å². The molecule has 0 saturated carbocycles. The van der Waals surface area contributed by atoms with Gasteiger partial charge in [0.05, 0.1) is 30.2 Å². The number of aromatic nitrogens is 5. The van der Waals surface area contributed by atoms with Crippen LogP contribution in [0.15, 0.2) is 35.3 Å². The third-order valence-corrected chi connectivity index (χ3v) is 5.57. The summed E-state index contributed by atoms with van der Waals surface area (Å²) in [6.45, 7) is 5.61. The average Bonchev–Trinajstić information content (AvgIpc) is 3.12. The summed E-state index contributed by atoms with van der Waals surface area (Å²) in [4.78, 5) is 13.8. The summed E-state index contributed by atoms with van der Waals surface area (Å²) in [5.41, 5.74) is 4.90. The van der Waals surface area contributed by atoms with Crippen molar-refractivity contribution in [2.75, 3.05) is 11.4 Å². The Morgan fingerprint density at radius 1 is 1.33 bits per heavy atom. The Morgan fingerprint density at radius 3 is 2.96 bits per heavy atom. The van der Waals surface area contributed by atoms with Gasteiger partial charge in [0.15, 0.2) is 0 Å². The second kappa shape index (κ2) is 7.15. The molecule has 1 N–H and O–H groups in total. The first kappa shape index (κ1) is 17.7. The number of halogens is 1. The van der Waals surface area contributed by atoms with Gasteiger partial charge < -0.3 is 4.90 Å². The Kier molecular flexibility index (Phi) is 4.70. The fraction of sp³-hybridized carbons (Fsp3) is 0.368. The topological polar surface area (TPSA) is 79.7 Å². The Hall–Kier alpha value is -2.67. The molecule has 0 saturated heterocycles. The number of aryl methyl sites for hydroxylation is 1.